The van der Waals surface area contributed by atoms with Crippen LogP contribution in [0.3, 0.4) is 0 Å². The van der Waals surface area contributed by atoms with Crippen molar-refractivity contribution in [3.8, 4) is 0 Å². The Bertz CT molecular complexity index is 986. The average molecular weight is 574 g/mol. The van der Waals surface area contributed by atoms with Crippen LogP contribution in [0.15, 0.2) is 29.6 Å². The Balaban J connectivity index is 1.78. The van der Waals surface area contributed by atoms with E-state index in [1.54, 1.807) is 31.4 Å². The van der Waals surface area contributed by atoms with Gasteiger partial charge in [0.2, 0.25) is 11.7 Å². The van der Waals surface area contributed by atoms with Crippen molar-refractivity contribution < 1.29 is 23.5 Å². The van der Waals surface area contributed by atoms with Crippen LogP contribution in [0, 0.1) is 5.82 Å². The quantitative estimate of drug-likeness (QED) is 0.217. The van der Waals surface area contributed by atoms with Crippen LogP contribution in [0.2, 0.25) is 0 Å². The summed E-state index contributed by atoms with van der Waals surface area (Å²) in [6, 6.07) is 4.48. The average Bonchev–Trinajstić information content (AvgIpc) is 3.45. The minimum Gasteiger partial charge on any atom is -0.380 e. The Kier molecular flexibility index (Phi) is 8.31. The van der Waals surface area contributed by atoms with E-state index in [0.29, 0.717) is 23.5 Å². The van der Waals surface area contributed by atoms with Crippen molar-refractivity contribution in [2.24, 2.45) is 0 Å². The number of ketones is 1. The number of methoxy groups -OCH3 is 1. The second kappa shape index (κ2) is 10.8. The zero-order chi connectivity index (χ0) is 23.4. The number of halogens is 2. The fraction of sp³-hybridized carbons (Fsp3) is 0.429. The molecule has 1 aromatic carbocycles. The molecule has 0 radical (unpaired) electrons. The molecule has 3 rings (SSSR count). The number of amides is 2. The first-order valence-corrected chi connectivity index (χ1v) is 12.1. The van der Waals surface area contributed by atoms with Gasteiger partial charge >= 0.3 is 0 Å². The molecule has 0 saturated carbocycles. The predicted octanol–water partition coefficient (Wildman–Crippen LogP) is 2.29. The third kappa shape index (κ3) is 5.50. The highest BCUT2D eigenvalue weighted by Gasteiger charge is 2.40. The summed E-state index contributed by atoms with van der Waals surface area (Å²) < 4.78 is 17.9. The van der Waals surface area contributed by atoms with Gasteiger partial charge in [-0.2, -0.15) is 0 Å². The smallest absolute Gasteiger partial charge is 0.256 e. The molecule has 2 aromatic rings. The highest BCUT2D eigenvalue weighted by atomic mass is 127. The number of aromatic nitrogens is 1. The van der Waals surface area contributed by atoms with Gasteiger partial charge in [0, 0.05) is 31.0 Å². The summed E-state index contributed by atoms with van der Waals surface area (Å²) in [5, 5.41) is 7.80. The molecule has 8 nitrogen and oxygen atoms in total. The molecule has 32 heavy (non-hydrogen) atoms. The van der Waals surface area contributed by atoms with Crippen molar-refractivity contribution in [2.45, 2.75) is 35.6 Å². The summed E-state index contributed by atoms with van der Waals surface area (Å²) in [6.45, 7) is 2.07. The molecule has 2 amide bonds. The van der Waals surface area contributed by atoms with Gasteiger partial charge in [-0.15, -0.1) is 11.3 Å². The molecule has 2 N–H and O–H groups in total. The molecule has 1 aliphatic rings. The van der Waals surface area contributed by atoms with E-state index in [1.807, 2.05) is 22.6 Å². The zero-order valence-electron chi connectivity index (χ0n) is 17.8. The largest absolute Gasteiger partial charge is 0.380 e. The van der Waals surface area contributed by atoms with Crippen LogP contribution in [0.1, 0.15) is 40.4 Å². The molecule has 2 heterocycles. The maximum atomic E-state index is 13.2. The first-order chi connectivity index (χ1) is 15.2. The lowest BCUT2D eigenvalue weighted by molar-refractivity contribution is -0.134. The summed E-state index contributed by atoms with van der Waals surface area (Å²) >= 11 is 3.19. The Labute approximate surface area is 203 Å². The van der Waals surface area contributed by atoms with Gasteiger partial charge in [-0.3, -0.25) is 14.4 Å². The fourth-order valence-corrected chi connectivity index (χ4v) is 4.92. The number of likely N-dealkylation sites (tertiary alicyclic amines) is 1. The van der Waals surface area contributed by atoms with Gasteiger partial charge < -0.3 is 20.3 Å². The minimum absolute atomic E-state index is 0.181. The standard InChI is InChI=1S/C21H24FIN4O4S/c1-11(24-2)19(29)26-18(23)21(30)27-9-14(31-3)8-16(27)20-25-15(10-32-20)17(28)12-4-6-13(22)7-5-12/h4-7,10-11,14,16,18,24H,8-9H2,1-3H3,(H,26,29)/t11-,14-,16-,18+/m0/s1. The van der Waals surface area contributed by atoms with E-state index in [0.717, 1.165) is 0 Å². The maximum absolute atomic E-state index is 13.2. The molecule has 11 heteroatoms. The fourth-order valence-electron chi connectivity index (χ4n) is 3.33. The molecule has 0 aliphatic carbocycles. The topological polar surface area (TPSA) is 101 Å². The van der Waals surface area contributed by atoms with Crippen LogP contribution >= 0.6 is 33.9 Å². The number of likely N-dealkylation sites (N-methyl/N-ethyl adjacent to an activating group) is 1. The van der Waals surface area contributed by atoms with E-state index in [-0.39, 0.29) is 35.4 Å². The summed E-state index contributed by atoms with van der Waals surface area (Å²) in [7, 11) is 3.25. The van der Waals surface area contributed by atoms with E-state index in [2.05, 4.69) is 15.6 Å². The first-order valence-electron chi connectivity index (χ1n) is 9.95. The van der Waals surface area contributed by atoms with Gasteiger partial charge in [-0.25, -0.2) is 9.37 Å². The van der Waals surface area contributed by atoms with Crippen LogP contribution in [0.4, 0.5) is 4.39 Å². The number of carbonyl (C=O) groups is 3. The van der Waals surface area contributed by atoms with Crippen LogP contribution in [-0.4, -0.2) is 64.4 Å². The molecule has 0 bridgehead atoms. The molecule has 0 unspecified atom stereocenters. The third-order valence-corrected chi connectivity index (χ3v) is 7.13. The van der Waals surface area contributed by atoms with Crippen molar-refractivity contribution >= 4 is 51.5 Å². The van der Waals surface area contributed by atoms with Crippen LogP contribution in [0.25, 0.3) is 0 Å². The van der Waals surface area contributed by atoms with E-state index in [4.69, 9.17) is 4.74 Å². The maximum Gasteiger partial charge on any atom is 0.256 e. The minimum atomic E-state index is -0.755. The summed E-state index contributed by atoms with van der Waals surface area (Å²) in [4.78, 5) is 44.1. The molecular formula is C21H24FIN4O4S. The van der Waals surface area contributed by atoms with E-state index < -0.39 is 15.9 Å². The van der Waals surface area contributed by atoms with E-state index in [1.165, 1.54) is 35.6 Å². The van der Waals surface area contributed by atoms with Gasteiger partial charge in [0.05, 0.1) is 18.2 Å². The number of thiazole rings is 1. The molecule has 0 spiro atoms. The number of ether oxygens (including phenoxy) is 1. The van der Waals surface area contributed by atoms with Gasteiger partial charge in [-0.1, -0.05) is 0 Å². The van der Waals surface area contributed by atoms with Crippen LogP contribution in [-0.2, 0) is 14.3 Å². The monoisotopic (exact) mass is 574 g/mol. The lowest BCUT2D eigenvalue weighted by atomic mass is 10.1. The number of nitrogens with one attached hydrogen (secondary N) is 2. The van der Waals surface area contributed by atoms with Crippen LogP contribution in [0.5, 0.6) is 0 Å². The number of benzene rings is 1. The van der Waals surface area contributed by atoms with Gasteiger partial charge in [0.25, 0.3) is 5.91 Å². The third-order valence-electron chi connectivity index (χ3n) is 5.34. The highest BCUT2D eigenvalue weighted by Crippen LogP contribution is 2.36. The van der Waals surface area contributed by atoms with Gasteiger partial charge in [0.15, 0.2) is 4.05 Å². The summed E-state index contributed by atoms with van der Waals surface area (Å²) in [5.41, 5.74) is 0.582. The number of alkyl halides is 1. The second-order valence-electron chi connectivity index (χ2n) is 7.39. The Morgan fingerprint density at radius 1 is 1.31 bits per heavy atom. The second-order valence-corrected chi connectivity index (χ2v) is 9.52. The number of hydrogen-bond donors (Lipinski definition) is 2. The van der Waals surface area contributed by atoms with Crippen molar-refractivity contribution in [3.05, 3.63) is 51.7 Å². The molecule has 4 atom stereocenters. The lowest BCUT2D eigenvalue weighted by Crippen LogP contribution is -2.49. The van der Waals surface area contributed by atoms with E-state index in [9.17, 15) is 18.8 Å². The normalized spacial score (nSPS) is 20.1. The van der Waals surface area contributed by atoms with Crippen molar-refractivity contribution in [3.63, 3.8) is 0 Å². The van der Waals surface area contributed by atoms with Crippen molar-refractivity contribution in [1.29, 1.82) is 0 Å². The summed E-state index contributed by atoms with van der Waals surface area (Å²) in [5.74, 6) is -1.27. The molecular weight excluding hydrogens is 550 g/mol. The molecule has 1 aliphatic heterocycles. The number of hydrogen-bond acceptors (Lipinski definition) is 7. The first kappa shape index (κ1) is 24.7. The lowest BCUT2D eigenvalue weighted by Gasteiger charge is -2.26. The number of rotatable bonds is 8. The van der Waals surface area contributed by atoms with E-state index >= 15 is 0 Å². The Hall–Kier alpha value is -1.96. The van der Waals surface area contributed by atoms with Crippen molar-refractivity contribution in [1.82, 2.24) is 20.5 Å². The number of carbonyl (C=O) groups excluding carboxylic acids is 3. The highest BCUT2D eigenvalue weighted by molar-refractivity contribution is 14.1. The van der Waals surface area contributed by atoms with Crippen LogP contribution < -0.4 is 10.6 Å². The zero-order valence-corrected chi connectivity index (χ0v) is 20.8. The number of nitrogens with zero attached hydrogens (tertiary/aromatic N) is 2. The Morgan fingerprint density at radius 3 is 2.62 bits per heavy atom. The molecule has 1 saturated heterocycles. The molecule has 1 fully saturated rings. The molecule has 172 valence electrons. The van der Waals surface area contributed by atoms with Crippen molar-refractivity contribution in [2.75, 3.05) is 20.7 Å². The SMILES string of the molecule is CN[C@@H](C)C(=O)N[C@@H](I)C(=O)N1C[C@@H](OC)C[C@H]1c1nc(C(=O)c2ccc(F)cc2)cs1. The molecule has 1 aromatic heterocycles. The Morgan fingerprint density at radius 2 is 2.00 bits per heavy atom. The summed E-state index contributed by atoms with van der Waals surface area (Å²) in [6.07, 6.45) is 0.351. The van der Waals surface area contributed by atoms with Gasteiger partial charge in [0.1, 0.15) is 16.5 Å². The predicted molar refractivity (Wildman–Crippen MR) is 126 cm³/mol. The van der Waals surface area contributed by atoms with Gasteiger partial charge in [-0.05, 0) is 60.8 Å².